The number of amides is 2. The van der Waals surface area contributed by atoms with E-state index in [-0.39, 0.29) is 17.9 Å². The molecule has 1 N–H and O–H groups in total. The predicted octanol–water partition coefficient (Wildman–Crippen LogP) is 2.52. The van der Waals surface area contributed by atoms with Crippen molar-refractivity contribution in [1.29, 1.82) is 0 Å². The molecule has 0 aromatic heterocycles. The van der Waals surface area contributed by atoms with Gasteiger partial charge in [0.25, 0.3) is 0 Å². The van der Waals surface area contributed by atoms with Crippen molar-refractivity contribution in [2.75, 3.05) is 34.5 Å². The molecule has 0 bridgehead atoms. The molecule has 3 rings (SSSR count). The summed E-state index contributed by atoms with van der Waals surface area (Å²) in [5.74, 6) is 1.56. The number of hydrogen-bond donors (Lipinski definition) is 1. The first-order chi connectivity index (χ1) is 14.1. The standard InChI is InChI=1S/C22H32N2O5/c1-27-13-12-24-19-6-4-5-10-22(19,11-9-20(24)25)21(26)23-15-16-7-8-17(28-2)14-18(16)29-3/h7-8,14,19H,4-6,9-13,15H2,1-3H3,(H,23,26)/t19-,22-/m1/s1. The minimum Gasteiger partial charge on any atom is -0.497 e. The molecule has 2 atom stereocenters. The van der Waals surface area contributed by atoms with E-state index in [4.69, 9.17) is 14.2 Å². The van der Waals surface area contributed by atoms with Crippen LogP contribution >= 0.6 is 0 Å². The molecule has 1 saturated heterocycles. The Morgan fingerprint density at radius 2 is 2.03 bits per heavy atom. The number of hydrogen-bond acceptors (Lipinski definition) is 5. The third-order valence-electron chi connectivity index (χ3n) is 6.39. The topological polar surface area (TPSA) is 77.1 Å². The minimum absolute atomic E-state index is 0.0370. The highest BCUT2D eigenvalue weighted by Crippen LogP contribution is 2.46. The van der Waals surface area contributed by atoms with Crippen molar-refractivity contribution in [1.82, 2.24) is 10.2 Å². The smallest absolute Gasteiger partial charge is 0.228 e. The van der Waals surface area contributed by atoms with Crippen LogP contribution in [0.25, 0.3) is 0 Å². The van der Waals surface area contributed by atoms with E-state index in [9.17, 15) is 9.59 Å². The van der Waals surface area contributed by atoms with Gasteiger partial charge < -0.3 is 24.4 Å². The summed E-state index contributed by atoms with van der Waals surface area (Å²) in [5.41, 5.74) is 0.383. The van der Waals surface area contributed by atoms with Crippen LogP contribution < -0.4 is 14.8 Å². The van der Waals surface area contributed by atoms with Crippen LogP contribution in [-0.4, -0.2) is 57.2 Å². The molecule has 7 heteroatoms. The average molecular weight is 405 g/mol. The molecule has 1 aliphatic heterocycles. The van der Waals surface area contributed by atoms with Gasteiger partial charge in [0.1, 0.15) is 11.5 Å². The summed E-state index contributed by atoms with van der Waals surface area (Å²) >= 11 is 0. The Balaban J connectivity index is 1.76. The molecular weight excluding hydrogens is 372 g/mol. The first-order valence-corrected chi connectivity index (χ1v) is 10.3. The van der Waals surface area contributed by atoms with Crippen molar-refractivity contribution in [3.05, 3.63) is 23.8 Å². The fraction of sp³-hybridized carbons (Fsp3) is 0.636. The van der Waals surface area contributed by atoms with Crippen LogP contribution in [0.3, 0.4) is 0 Å². The summed E-state index contributed by atoms with van der Waals surface area (Å²) in [6.07, 6.45) is 4.78. The van der Waals surface area contributed by atoms with Crippen LogP contribution in [0.2, 0.25) is 0 Å². The summed E-state index contributed by atoms with van der Waals surface area (Å²) in [7, 11) is 4.85. The van der Waals surface area contributed by atoms with Gasteiger partial charge >= 0.3 is 0 Å². The van der Waals surface area contributed by atoms with Gasteiger partial charge in [-0.3, -0.25) is 9.59 Å². The molecule has 1 saturated carbocycles. The average Bonchev–Trinajstić information content (AvgIpc) is 2.76. The molecule has 0 spiro atoms. The number of likely N-dealkylation sites (tertiary alicyclic amines) is 1. The lowest BCUT2D eigenvalue weighted by atomic mass is 9.64. The van der Waals surface area contributed by atoms with Crippen molar-refractivity contribution in [2.45, 2.75) is 51.1 Å². The summed E-state index contributed by atoms with van der Waals surface area (Å²) in [6.45, 7) is 1.41. The summed E-state index contributed by atoms with van der Waals surface area (Å²) < 4.78 is 15.9. The Bertz CT molecular complexity index is 738. The number of carbonyl (C=O) groups excluding carboxylic acids is 2. The number of piperidine rings is 1. The summed E-state index contributed by atoms with van der Waals surface area (Å²) in [6, 6.07) is 5.53. The van der Waals surface area contributed by atoms with E-state index >= 15 is 0 Å². The number of nitrogens with one attached hydrogen (secondary N) is 1. The minimum atomic E-state index is -0.514. The van der Waals surface area contributed by atoms with Crippen molar-refractivity contribution < 1.29 is 23.8 Å². The van der Waals surface area contributed by atoms with E-state index in [1.165, 1.54) is 0 Å². The van der Waals surface area contributed by atoms with Crippen molar-refractivity contribution in [3.63, 3.8) is 0 Å². The lowest BCUT2D eigenvalue weighted by Crippen LogP contribution is -2.62. The number of fused-ring (bicyclic) bond motifs is 1. The van der Waals surface area contributed by atoms with Crippen LogP contribution in [0.15, 0.2) is 18.2 Å². The number of benzene rings is 1. The van der Waals surface area contributed by atoms with Crippen LogP contribution in [0.1, 0.15) is 44.1 Å². The van der Waals surface area contributed by atoms with Gasteiger partial charge in [-0.25, -0.2) is 0 Å². The van der Waals surface area contributed by atoms with E-state index in [0.717, 1.165) is 31.2 Å². The van der Waals surface area contributed by atoms with Gasteiger partial charge in [0.2, 0.25) is 11.8 Å². The van der Waals surface area contributed by atoms with Gasteiger partial charge in [0, 0.05) is 44.3 Å². The summed E-state index contributed by atoms with van der Waals surface area (Å²) in [5, 5.41) is 3.13. The first kappa shape index (κ1) is 21.4. The molecule has 2 aliphatic rings. The molecule has 2 fully saturated rings. The molecule has 29 heavy (non-hydrogen) atoms. The van der Waals surface area contributed by atoms with Crippen molar-refractivity contribution in [2.24, 2.45) is 5.41 Å². The molecule has 1 aromatic rings. The van der Waals surface area contributed by atoms with Crippen molar-refractivity contribution in [3.8, 4) is 11.5 Å². The predicted molar refractivity (Wildman–Crippen MR) is 109 cm³/mol. The molecule has 1 heterocycles. The fourth-order valence-electron chi connectivity index (χ4n) is 4.81. The zero-order valence-corrected chi connectivity index (χ0v) is 17.7. The second-order valence-corrected chi connectivity index (χ2v) is 7.86. The largest absolute Gasteiger partial charge is 0.497 e. The van der Waals surface area contributed by atoms with Crippen LogP contribution in [-0.2, 0) is 20.9 Å². The second kappa shape index (κ2) is 9.48. The van der Waals surface area contributed by atoms with Gasteiger partial charge in [0.05, 0.1) is 26.2 Å². The molecule has 0 radical (unpaired) electrons. The third-order valence-corrected chi connectivity index (χ3v) is 6.39. The quantitative estimate of drug-likeness (QED) is 0.720. The van der Waals surface area contributed by atoms with E-state index < -0.39 is 5.41 Å². The molecule has 2 amide bonds. The number of rotatable bonds is 8. The normalized spacial score (nSPS) is 24.0. The molecule has 160 valence electrons. The van der Waals surface area contributed by atoms with Gasteiger partial charge in [-0.05, 0) is 31.4 Å². The molecule has 7 nitrogen and oxygen atoms in total. The van der Waals surface area contributed by atoms with Crippen LogP contribution in [0.4, 0.5) is 0 Å². The highest BCUT2D eigenvalue weighted by molar-refractivity contribution is 5.88. The third kappa shape index (κ3) is 4.34. The molecular formula is C22H32N2O5. The zero-order valence-electron chi connectivity index (χ0n) is 17.7. The number of nitrogens with zero attached hydrogens (tertiary/aromatic N) is 1. The van der Waals surface area contributed by atoms with Gasteiger partial charge in [-0.15, -0.1) is 0 Å². The maximum atomic E-state index is 13.4. The maximum absolute atomic E-state index is 13.4. The summed E-state index contributed by atoms with van der Waals surface area (Å²) in [4.78, 5) is 27.9. The molecule has 1 aliphatic carbocycles. The van der Waals surface area contributed by atoms with Crippen molar-refractivity contribution >= 4 is 11.8 Å². The second-order valence-electron chi connectivity index (χ2n) is 7.86. The lowest BCUT2D eigenvalue weighted by molar-refractivity contribution is -0.156. The van der Waals surface area contributed by atoms with Crippen LogP contribution in [0.5, 0.6) is 11.5 Å². The monoisotopic (exact) mass is 404 g/mol. The van der Waals surface area contributed by atoms with E-state index in [0.29, 0.717) is 44.0 Å². The van der Waals surface area contributed by atoms with Gasteiger partial charge in [-0.2, -0.15) is 0 Å². The Morgan fingerprint density at radius 1 is 1.21 bits per heavy atom. The number of ether oxygens (including phenoxy) is 3. The lowest BCUT2D eigenvalue weighted by Gasteiger charge is -2.51. The Labute approximate surface area is 172 Å². The van der Waals surface area contributed by atoms with E-state index in [1.807, 2.05) is 23.1 Å². The number of carbonyl (C=O) groups is 2. The Hall–Kier alpha value is -2.28. The Morgan fingerprint density at radius 3 is 2.76 bits per heavy atom. The fourth-order valence-corrected chi connectivity index (χ4v) is 4.81. The molecule has 1 aromatic carbocycles. The maximum Gasteiger partial charge on any atom is 0.228 e. The zero-order chi connectivity index (χ0) is 20.9. The van der Waals surface area contributed by atoms with Gasteiger partial charge in [0.15, 0.2) is 0 Å². The van der Waals surface area contributed by atoms with Gasteiger partial charge in [-0.1, -0.05) is 12.8 Å². The van der Waals surface area contributed by atoms with Crippen LogP contribution in [0, 0.1) is 5.41 Å². The molecule has 0 unspecified atom stereocenters. The number of methoxy groups -OCH3 is 3. The van der Waals surface area contributed by atoms with E-state index in [1.54, 1.807) is 21.3 Å². The first-order valence-electron chi connectivity index (χ1n) is 10.3. The Kier molecular flexibility index (Phi) is 7.00. The highest BCUT2D eigenvalue weighted by Gasteiger charge is 2.52. The van der Waals surface area contributed by atoms with E-state index in [2.05, 4.69) is 5.32 Å². The highest BCUT2D eigenvalue weighted by atomic mass is 16.5. The SMILES string of the molecule is COCCN1C(=O)CC[C@]2(C(=O)NCc3ccc(OC)cc3OC)CCCC[C@@H]12.